The van der Waals surface area contributed by atoms with E-state index in [9.17, 15) is 9.59 Å². The van der Waals surface area contributed by atoms with Crippen molar-refractivity contribution >= 4 is 11.8 Å². The van der Waals surface area contributed by atoms with E-state index >= 15 is 0 Å². The summed E-state index contributed by atoms with van der Waals surface area (Å²) in [7, 11) is 0. The molecule has 1 saturated carbocycles. The molecule has 0 saturated heterocycles. The largest absolute Gasteiger partial charge is 0.464 e. The van der Waals surface area contributed by atoms with Gasteiger partial charge in [-0.25, -0.2) is 0 Å². The zero-order valence-electron chi connectivity index (χ0n) is 16.4. The minimum Gasteiger partial charge on any atom is -0.464 e. The molecule has 1 fully saturated rings. The molecule has 27 heavy (non-hydrogen) atoms. The first-order valence-electron chi connectivity index (χ1n) is 9.61. The molecular formula is C22H28N2O3. The standard InChI is InChI=1S/C22H28N2O3/c1-16(2)24(22(26)19-10-11-19)15-21(25)23(13-18-7-5-4-6-8-18)14-20-12-9-17(3)27-20/h4-9,12,16,19H,10-11,13-15H2,1-3H3. The molecule has 144 valence electrons. The zero-order chi connectivity index (χ0) is 19.4. The molecule has 1 aromatic heterocycles. The van der Waals surface area contributed by atoms with Crippen LogP contribution in [0.25, 0.3) is 0 Å². The summed E-state index contributed by atoms with van der Waals surface area (Å²) in [4.78, 5) is 29.2. The van der Waals surface area contributed by atoms with Gasteiger partial charge < -0.3 is 14.2 Å². The second-order valence-corrected chi connectivity index (χ2v) is 7.58. The Morgan fingerprint density at radius 3 is 2.33 bits per heavy atom. The second-order valence-electron chi connectivity index (χ2n) is 7.58. The van der Waals surface area contributed by atoms with Crippen molar-refractivity contribution in [3.8, 4) is 0 Å². The lowest BCUT2D eigenvalue weighted by Gasteiger charge is -2.30. The third-order valence-electron chi connectivity index (χ3n) is 4.85. The summed E-state index contributed by atoms with van der Waals surface area (Å²) in [6.07, 6.45) is 1.88. The van der Waals surface area contributed by atoms with E-state index in [4.69, 9.17) is 4.42 Å². The van der Waals surface area contributed by atoms with E-state index < -0.39 is 0 Å². The lowest BCUT2D eigenvalue weighted by atomic mass is 10.2. The van der Waals surface area contributed by atoms with Gasteiger partial charge in [0, 0.05) is 18.5 Å². The molecule has 0 spiro atoms. The van der Waals surface area contributed by atoms with E-state index in [0.717, 1.165) is 29.9 Å². The van der Waals surface area contributed by atoms with Crippen molar-refractivity contribution in [2.45, 2.75) is 52.7 Å². The van der Waals surface area contributed by atoms with E-state index in [1.807, 2.05) is 63.2 Å². The van der Waals surface area contributed by atoms with Crippen LogP contribution in [0.4, 0.5) is 0 Å². The van der Waals surface area contributed by atoms with E-state index in [1.54, 1.807) is 9.80 Å². The Hall–Kier alpha value is -2.56. The van der Waals surface area contributed by atoms with Gasteiger partial charge in [0.05, 0.1) is 6.54 Å². The third-order valence-corrected chi connectivity index (χ3v) is 4.85. The molecular weight excluding hydrogens is 340 g/mol. The smallest absolute Gasteiger partial charge is 0.242 e. The average Bonchev–Trinajstić information content (AvgIpc) is 3.41. The third kappa shape index (κ3) is 5.22. The quantitative estimate of drug-likeness (QED) is 0.713. The van der Waals surface area contributed by atoms with Gasteiger partial charge in [0.15, 0.2) is 0 Å². The molecule has 0 atom stereocenters. The van der Waals surface area contributed by atoms with Crippen molar-refractivity contribution in [2.24, 2.45) is 5.92 Å². The van der Waals surface area contributed by atoms with Crippen molar-refractivity contribution in [2.75, 3.05) is 6.54 Å². The van der Waals surface area contributed by atoms with Crippen LogP contribution in [0.1, 0.15) is 43.8 Å². The SMILES string of the molecule is Cc1ccc(CN(Cc2ccccc2)C(=O)CN(C(=O)C2CC2)C(C)C)o1. The van der Waals surface area contributed by atoms with Crippen LogP contribution in [0.5, 0.6) is 0 Å². The first kappa shape index (κ1) is 19.2. The molecule has 0 N–H and O–H groups in total. The molecule has 0 bridgehead atoms. The van der Waals surface area contributed by atoms with Gasteiger partial charge in [0.2, 0.25) is 11.8 Å². The van der Waals surface area contributed by atoms with Gasteiger partial charge >= 0.3 is 0 Å². The predicted octanol–water partition coefficient (Wildman–Crippen LogP) is 3.76. The molecule has 0 unspecified atom stereocenters. The maximum atomic E-state index is 13.1. The van der Waals surface area contributed by atoms with E-state index in [1.165, 1.54) is 0 Å². The Morgan fingerprint density at radius 2 is 1.78 bits per heavy atom. The molecule has 3 rings (SSSR count). The number of rotatable bonds is 8. The Morgan fingerprint density at radius 1 is 1.07 bits per heavy atom. The van der Waals surface area contributed by atoms with Crippen molar-refractivity contribution in [3.63, 3.8) is 0 Å². The van der Waals surface area contributed by atoms with Crippen LogP contribution in [0.2, 0.25) is 0 Å². The predicted molar refractivity (Wildman–Crippen MR) is 104 cm³/mol. The van der Waals surface area contributed by atoms with Crippen LogP contribution in [-0.2, 0) is 22.7 Å². The second kappa shape index (κ2) is 8.42. The fourth-order valence-corrected chi connectivity index (χ4v) is 3.12. The first-order valence-corrected chi connectivity index (χ1v) is 9.61. The number of furan rings is 1. The molecule has 2 aromatic rings. The summed E-state index contributed by atoms with van der Waals surface area (Å²) < 4.78 is 5.68. The van der Waals surface area contributed by atoms with E-state index in [2.05, 4.69) is 0 Å². The van der Waals surface area contributed by atoms with Gasteiger partial charge in [-0.1, -0.05) is 30.3 Å². The molecule has 1 aliphatic carbocycles. The number of aryl methyl sites for hydroxylation is 1. The topological polar surface area (TPSA) is 53.8 Å². The number of nitrogens with zero attached hydrogens (tertiary/aromatic N) is 2. The maximum absolute atomic E-state index is 13.1. The Balaban J connectivity index is 1.75. The highest BCUT2D eigenvalue weighted by molar-refractivity contribution is 5.87. The van der Waals surface area contributed by atoms with Crippen LogP contribution in [0.15, 0.2) is 46.9 Å². The van der Waals surface area contributed by atoms with Crippen molar-refractivity contribution in [3.05, 3.63) is 59.5 Å². The zero-order valence-corrected chi connectivity index (χ0v) is 16.4. The summed E-state index contributed by atoms with van der Waals surface area (Å²) in [6, 6.07) is 13.7. The molecule has 2 amide bonds. The van der Waals surface area contributed by atoms with Crippen LogP contribution < -0.4 is 0 Å². The molecule has 1 heterocycles. The van der Waals surface area contributed by atoms with Gasteiger partial charge in [0.1, 0.15) is 18.1 Å². The lowest BCUT2D eigenvalue weighted by molar-refractivity contribution is -0.143. The number of hydrogen-bond acceptors (Lipinski definition) is 3. The fourth-order valence-electron chi connectivity index (χ4n) is 3.12. The average molecular weight is 368 g/mol. The van der Waals surface area contributed by atoms with Crippen LogP contribution in [0.3, 0.4) is 0 Å². The van der Waals surface area contributed by atoms with Gasteiger partial charge in [-0.15, -0.1) is 0 Å². The maximum Gasteiger partial charge on any atom is 0.242 e. The molecule has 5 heteroatoms. The van der Waals surface area contributed by atoms with Gasteiger partial charge in [-0.2, -0.15) is 0 Å². The highest BCUT2D eigenvalue weighted by Gasteiger charge is 2.35. The van der Waals surface area contributed by atoms with Crippen molar-refractivity contribution < 1.29 is 14.0 Å². The normalized spacial score (nSPS) is 13.6. The Bertz CT molecular complexity index is 778. The molecule has 1 aromatic carbocycles. The fraction of sp³-hybridized carbons (Fsp3) is 0.455. The summed E-state index contributed by atoms with van der Waals surface area (Å²) in [5.74, 6) is 1.73. The number of carbonyl (C=O) groups excluding carboxylic acids is 2. The highest BCUT2D eigenvalue weighted by Crippen LogP contribution is 2.31. The highest BCUT2D eigenvalue weighted by atomic mass is 16.3. The Labute approximate surface area is 160 Å². The molecule has 0 aliphatic heterocycles. The van der Waals surface area contributed by atoms with Crippen molar-refractivity contribution in [1.29, 1.82) is 0 Å². The number of amides is 2. The Kier molecular flexibility index (Phi) is 5.99. The monoisotopic (exact) mass is 368 g/mol. The number of benzene rings is 1. The van der Waals surface area contributed by atoms with Crippen LogP contribution >= 0.6 is 0 Å². The van der Waals surface area contributed by atoms with Crippen LogP contribution in [-0.4, -0.2) is 34.2 Å². The number of carbonyl (C=O) groups is 2. The van der Waals surface area contributed by atoms with E-state index in [-0.39, 0.29) is 30.3 Å². The number of hydrogen-bond donors (Lipinski definition) is 0. The van der Waals surface area contributed by atoms with Crippen molar-refractivity contribution in [1.82, 2.24) is 9.80 Å². The molecule has 5 nitrogen and oxygen atoms in total. The van der Waals surface area contributed by atoms with Gasteiger partial charge in [-0.05, 0) is 51.3 Å². The minimum atomic E-state index is -0.0596. The summed E-state index contributed by atoms with van der Waals surface area (Å²) >= 11 is 0. The lowest BCUT2D eigenvalue weighted by Crippen LogP contribution is -2.46. The molecule has 1 aliphatic rings. The summed E-state index contributed by atoms with van der Waals surface area (Å²) in [6.45, 7) is 6.81. The summed E-state index contributed by atoms with van der Waals surface area (Å²) in [5, 5.41) is 0. The molecule has 0 radical (unpaired) electrons. The first-order chi connectivity index (χ1) is 12.9. The van der Waals surface area contributed by atoms with Gasteiger partial charge in [-0.3, -0.25) is 9.59 Å². The minimum absolute atomic E-state index is 0.00600. The van der Waals surface area contributed by atoms with Gasteiger partial charge in [0.25, 0.3) is 0 Å². The van der Waals surface area contributed by atoms with E-state index in [0.29, 0.717) is 13.1 Å². The summed E-state index contributed by atoms with van der Waals surface area (Å²) in [5.41, 5.74) is 1.05. The van der Waals surface area contributed by atoms with Crippen LogP contribution in [0, 0.1) is 12.8 Å².